The predicted molar refractivity (Wildman–Crippen MR) is 113 cm³/mol. The summed E-state index contributed by atoms with van der Waals surface area (Å²) >= 11 is 0. The summed E-state index contributed by atoms with van der Waals surface area (Å²) in [5.74, 6) is 0.0522. The van der Waals surface area contributed by atoms with Crippen LogP contribution in [0.5, 0.6) is 0 Å². The van der Waals surface area contributed by atoms with E-state index in [0.717, 1.165) is 37.4 Å². The Bertz CT molecular complexity index is 969. The fourth-order valence-electron chi connectivity index (χ4n) is 3.43. The zero-order chi connectivity index (χ0) is 19.3. The Morgan fingerprint density at radius 1 is 0.964 bits per heavy atom. The SMILES string of the molecule is Cc1cccc(N2CCN(C(=O)/C=C/c3cnn(-c4ccccc4)c3)CC2)c1. The molecule has 0 atom stereocenters. The lowest BCUT2D eigenvalue weighted by Crippen LogP contribution is -2.48. The number of hydrogen-bond acceptors (Lipinski definition) is 3. The maximum absolute atomic E-state index is 12.5. The Kier molecular flexibility index (Phi) is 5.24. The maximum Gasteiger partial charge on any atom is 0.246 e. The third kappa shape index (κ3) is 4.14. The van der Waals surface area contributed by atoms with Crippen LogP contribution in [0.4, 0.5) is 5.69 Å². The van der Waals surface area contributed by atoms with Gasteiger partial charge in [0.25, 0.3) is 0 Å². The second kappa shape index (κ2) is 8.13. The van der Waals surface area contributed by atoms with Crippen LogP contribution in [0.15, 0.2) is 73.1 Å². The third-order valence-corrected chi connectivity index (χ3v) is 5.00. The van der Waals surface area contributed by atoms with Gasteiger partial charge in [-0.3, -0.25) is 4.79 Å². The number of carbonyl (C=O) groups excluding carboxylic acids is 1. The second-order valence-electron chi connectivity index (χ2n) is 7.04. The highest BCUT2D eigenvalue weighted by Crippen LogP contribution is 2.18. The molecule has 0 aliphatic carbocycles. The number of piperazine rings is 1. The van der Waals surface area contributed by atoms with Crippen molar-refractivity contribution in [3.8, 4) is 5.69 Å². The van der Waals surface area contributed by atoms with Gasteiger partial charge in [0.2, 0.25) is 5.91 Å². The highest BCUT2D eigenvalue weighted by Gasteiger charge is 2.19. The summed E-state index contributed by atoms with van der Waals surface area (Å²) in [4.78, 5) is 16.8. The molecule has 5 nitrogen and oxygen atoms in total. The minimum absolute atomic E-state index is 0.0522. The Morgan fingerprint density at radius 3 is 2.46 bits per heavy atom. The van der Waals surface area contributed by atoms with Crippen molar-refractivity contribution >= 4 is 17.7 Å². The molecule has 1 amide bonds. The smallest absolute Gasteiger partial charge is 0.246 e. The molecule has 142 valence electrons. The van der Waals surface area contributed by atoms with Gasteiger partial charge in [-0.2, -0.15) is 5.10 Å². The number of hydrogen-bond donors (Lipinski definition) is 0. The molecule has 2 aromatic carbocycles. The van der Waals surface area contributed by atoms with Crippen LogP contribution >= 0.6 is 0 Å². The van der Waals surface area contributed by atoms with Crippen molar-refractivity contribution in [3.63, 3.8) is 0 Å². The zero-order valence-corrected chi connectivity index (χ0v) is 16.0. The fourth-order valence-corrected chi connectivity index (χ4v) is 3.43. The number of nitrogens with zero attached hydrogens (tertiary/aromatic N) is 4. The Labute approximate surface area is 165 Å². The van der Waals surface area contributed by atoms with E-state index in [4.69, 9.17) is 0 Å². The zero-order valence-electron chi connectivity index (χ0n) is 16.0. The van der Waals surface area contributed by atoms with Crippen LogP contribution in [-0.2, 0) is 4.79 Å². The molecule has 5 heteroatoms. The minimum Gasteiger partial charge on any atom is -0.368 e. The molecular weight excluding hydrogens is 348 g/mol. The van der Waals surface area contributed by atoms with Gasteiger partial charge in [-0.15, -0.1) is 0 Å². The fraction of sp³-hybridized carbons (Fsp3) is 0.217. The number of benzene rings is 2. The monoisotopic (exact) mass is 372 g/mol. The molecule has 3 aromatic rings. The molecule has 2 heterocycles. The molecule has 0 saturated carbocycles. The molecule has 1 saturated heterocycles. The van der Waals surface area contributed by atoms with E-state index >= 15 is 0 Å². The highest BCUT2D eigenvalue weighted by molar-refractivity contribution is 5.91. The van der Waals surface area contributed by atoms with E-state index in [0.29, 0.717) is 0 Å². The maximum atomic E-state index is 12.5. The molecule has 0 N–H and O–H groups in total. The number of amides is 1. The largest absolute Gasteiger partial charge is 0.368 e. The molecule has 1 aliphatic rings. The third-order valence-electron chi connectivity index (χ3n) is 5.00. The standard InChI is InChI=1S/C23H24N4O/c1-19-6-5-9-22(16-19)25-12-14-26(15-13-25)23(28)11-10-20-17-24-27(18-20)21-7-3-2-4-8-21/h2-11,16-18H,12-15H2,1H3/b11-10+. The van der Waals surface area contributed by atoms with E-state index in [9.17, 15) is 4.79 Å². The topological polar surface area (TPSA) is 41.4 Å². The van der Waals surface area contributed by atoms with Crippen LogP contribution in [-0.4, -0.2) is 46.8 Å². The average molecular weight is 372 g/mol. The van der Waals surface area contributed by atoms with Crippen LogP contribution in [0.3, 0.4) is 0 Å². The highest BCUT2D eigenvalue weighted by atomic mass is 16.2. The second-order valence-corrected chi connectivity index (χ2v) is 7.04. The predicted octanol–water partition coefficient (Wildman–Crippen LogP) is 3.54. The quantitative estimate of drug-likeness (QED) is 0.658. The van der Waals surface area contributed by atoms with Gasteiger partial charge >= 0.3 is 0 Å². The van der Waals surface area contributed by atoms with E-state index < -0.39 is 0 Å². The van der Waals surface area contributed by atoms with E-state index in [2.05, 4.69) is 41.2 Å². The Morgan fingerprint density at radius 2 is 1.71 bits per heavy atom. The Balaban J connectivity index is 1.34. The van der Waals surface area contributed by atoms with Gasteiger partial charge in [0.05, 0.1) is 11.9 Å². The summed E-state index contributed by atoms with van der Waals surface area (Å²) in [5.41, 5.74) is 4.40. The lowest BCUT2D eigenvalue weighted by Gasteiger charge is -2.35. The van der Waals surface area contributed by atoms with Crippen molar-refractivity contribution in [2.24, 2.45) is 0 Å². The van der Waals surface area contributed by atoms with Crippen molar-refractivity contribution in [1.82, 2.24) is 14.7 Å². The number of rotatable bonds is 4. The van der Waals surface area contributed by atoms with Gasteiger partial charge in [0.1, 0.15) is 0 Å². The van der Waals surface area contributed by atoms with Gasteiger partial charge in [-0.25, -0.2) is 4.68 Å². The first-order valence-corrected chi connectivity index (χ1v) is 9.58. The summed E-state index contributed by atoms with van der Waals surface area (Å²) in [6.45, 7) is 5.29. The molecule has 1 fully saturated rings. The van der Waals surface area contributed by atoms with Crippen LogP contribution in [0.1, 0.15) is 11.1 Å². The molecule has 1 aromatic heterocycles. The Hall–Kier alpha value is -3.34. The van der Waals surface area contributed by atoms with Crippen molar-refractivity contribution in [1.29, 1.82) is 0 Å². The van der Waals surface area contributed by atoms with Gasteiger partial charge in [0.15, 0.2) is 0 Å². The number of aryl methyl sites for hydroxylation is 1. The van der Waals surface area contributed by atoms with E-state index in [-0.39, 0.29) is 5.91 Å². The first-order valence-electron chi connectivity index (χ1n) is 9.58. The summed E-state index contributed by atoms with van der Waals surface area (Å²) in [6.07, 6.45) is 7.18. The molecular formula is C23H24N4O. The van der Waals surface area contributed by atoms with Crippen LogP contribution in [0.2, 0.25) is 0 Å². The number of anilines is 1. The summed E-state index contributed by atoms with van der Waals surface area (Å²) in [6, 6.07) is 18.5. The van der Waals surface area contributed by atoms with Gasteiger partial charge in [-0.1, -0.05) is 30.3 Å². The molecule has 0 radical (unpaired) electrons. The van der Waals surface area contributed by atoms with Gasteiger partial charge in [-0.05, 0) is 42.8 Å². The molecule has 0 unspecified atom stereocenters. The average Bonchev–Trinajstić information content (AvgIpc) is 3.22. The number of carbonyl (C=O) groups is 1. The summed E-state index contributed by atoms with van der Waals surface area (Å²) < 4.78 is 1.81. The molecule has 0 spiro atoms. The van der Waals surface area contributed by atoms with Crippen LogP contribution < -0.4 is 4.90 Å². The summed E-state index contributed by atoms with van der Waals surface area (Å²) in [5, 5.41) is 4.36. The van der Waals surface area contributed by atoms with Crippen molar-refractivity contribution in [3.05, 3.63) is 84.2 Å². The van der Waals surface area contributed by atoms with Crippen molar-refractivity contribution in [2.45, 2.75) is 6.92 Å². The van der Waals surface area contributed by atoms with E-state index in [1.807, 2.05) is 52.2 Å². The molecule has 28 heavy (non-hydrogen) atoms. The normalized spacial score (nSPS) is 14.6. The minimum atomic E-state index is 0.0522. The van der Waals surface area contributed by atoms with Gasteiger partial charge < -0.3 is 9.80 Å². The first kappa shape index (κ1) is 18.0. The van der Waals surface area contributed by atoms with E-state index in [1.54, 1.807) is 12.3 Å². The van der Waals surface area contributed by atoms with E-state index in [1.165, 1.54) is 11.3 Å². The summed E-state index contributed by atoms with van der Waals surface area (Å²) in [7, 11) is 0. The molecule has 0 bridgehead atoms. The number of aromatic nitrogens is 2. The number of para-hydroxylation sites is 1. The first-order chi connectivity index (χ1) is 13.7. The van der Waals surface area contributed by atoms with Crippen molar-refractivity contribution in [2.75, 3.05) is 31.1 Å². The van der Waals surface area contributed by atoms with Crippen molar-refractivity contribution < 1.29 is 4.79 Å². The van der Waals surface area contributed by atoms with Gasteiger partial charge in [0, 0.05) is 49.7 Å². The molecule has 4 rings (SSSR count). The lowest BCUT2D eigenvalue weighted by atomic mass is 10.2. The molecule has 1 aliphatic heterocycles. The lowest BCUT2D eigenvalue weighted by molar-refractivity contribution is -0.126. The van der Waals surface area contributed by atoms with Crippen LogP contribution in [0.25, 0.3) is 11.8 Å². The van der Waals surface area contributed by atoms with Crippen LogP contribution in [0, 0.1) is 6.92 Å².